The summed E-state index contributed by atoms with van der Waals surface area (Å²) in [6.45, 7) is 3.84. The van der Waals surface area contributed by atoms with Crippen molar-refractivity contribution in [2.75, 3.05) is 26.9 Å². The van der Waals surface area contributed by atoms with Gasteiger partial charge in [0.1, 0.15) is 6.10 Å². The number of hydrogen-bond donors (Lipinski definition) is 0. The smallest absolute Gasteiger partial charge is 0.158 e. The monoisotopic (exact) mass is 312 g/mol. The number of rotatable bonds is 8. The average Bonchev–Trinajstić information content (AvgIpc) is 2.50. The first-order chi connectivity index (χ1) is 10.3. The van der Waals surface area contributed by atoms with Gasteiger partial charge in [-0.2, -0.15) is 0 Å². The minimum atomic E-state index is -0.119. The van der Waals surface area contributed by atoms with Gasteiger partial charge in [-0.05, 0) is 38.3 Å². The van der Waals surface area contributed by atoms with Crippen molar-refractivity contribution >= 4 is 12.0 Å². The van der Waals surface area contributed by atoms with Crippen molar-refractivity contribution in [1.82, 2.24) is 0 Å². The molecule has 0 bridgehead atoms. The number of ether oxygens (including phenoxy) is 3. The molecule has 1 aromatic rings. The van der Waals surface area contributed by atoms with Crippen molar-refractivity contribution in [2.24, 2.45) is 0 Å². The van der Waals surface area contributed by atoms with Crippen LogP contribution in [0.1, 0.15) is 24.8 Å². The first-order valence-corrected chi connectivity index (χ1v) is 8.14. The summed E-state index contributed by atoms with van der Waals surface area (Å²) in [6, 6.07) is 8.25. The minimum Gasteiger partial charge on any atom is -0.382 e. The number of benzene rings is 1. The molecule has 0 radical (unpaired) electrons. The fourth-order valence-electron chi connectivity index (χ4n) is 2.12. The summed E-state index contributed by atoms with van der Waals surface area (Å²) in [5.41, 5.74) is 1.24. The lowest BCUT2D eigenvalue weighted by molar-refractivity contribution is -0.200. The summed E-state index contributed by atoms with van der Waals surface area (Å²) in [6.07, 6.45) is 3.01. The SMILES string of the molecule is COCC(COSc1ccc(C)cc1)OC1CCCCO1. The molecule has 4 nitrogen and oxygen atoms in total. The number of methoxy groups -OCH3 is 1. The maximum absolute atomic E-state index is 5.90. The molecule has 0 spiro atoms. The van der Waals surface area contributed by atoms with E-state index in [9.17, 15) is 0 Å². The topological polar surface area (TPSA) is 36.9 Å². The predicted molar refractivity (Wildman–Crippen MR) is 83.3 cm³/mol. The van der Waals surface area contributed by atoms with Crippen molar-refractivity contribution in [3.8, 4) is 0 Å². The minimum absolute atomic E-state index is 0.101. The Labute approximate surface area is 131 Å². The van der Waals surface area contributed by atoms with Crippen LogP contribution < -0.4 is 0 Å². The highest BCUT2D eigenvalue weighted by molar-refractivity contribution is 7.94. The zero-order valence-corrected chi connectivity index (χ0v) is 13.6. The van der Waals surface area contributed by atoms with Crippen molar-refractivity contribution in [2.45, 2.75) is 43.5 Å². The highest BCUT2D eigenvalue weighted by Crippen LogP contribution is 2.21. The van der Waals surface area contributed by atoms with E-state index in [1.54, 1.807) is 7.11 Å². The van der Waals surface area contributed by atoms with Crippen LogP contribution in [0.5, 0.6) is 0 Å². The molecule has 1 aliphatic rings. The van der Waals surface area contributed by atoms with E-state index in [1.165, 1.54) is 17.6 Å². The lowest BCUT2D eigenvalue weighted by Gasteiger charge is -2.27. The summed E-state index contributed by atoms with van der Waals surface area (Å²) < 4.78 is 22.4. The molecule has 2 rings (SSSR count). The van der Waals surface area contributed by atoms with E-state index in [0.717, 1.165) is 30.8 Å². The zero-order chi connectivity index (χ0) is 14.9. The van der Waals surface area contributed by atoms with Crippen molar-refractivity contribution < 1.29 is 18.4 Å². The Kier molecular flexibility index (Phi) is 7.53. The van der Waals surface area contributed by atoms with Gasteiger partial charge in [0.2, 0.25) is 0 Å². The normalized spacial score (nSPS) is 20.4. The number of hydrogen-bond acceptors (Lipinski definition) is 5. The molecule has 118 valence electrons. The molecular weight excluding hydrogens is 288 g/mol. The number of aryl methyl sites for hydroxylation is 1. The molecule has 1 aromatic carbocycles. The first kappa shape index (κ1) is 16.8. The maximum atomic E-state index is 5.90. The molecular formula is C16H24O4S. The van der Waals surface area contributed by atoms with Crippen LogP contribution in [0.15, 0.2) is 29.2 Å². The molecule has 1 aliphatic heterocycles. The van der Waals surface area contributed by atoms with Crippen molar-refractivity contribution in [3.63, 3.8) is 0 Å². The molecule has 1 heterocycles. The van der Waals surface area contributed by atoms with Crippen LogP contribution in [0.25, 0.3) is 0 Å². The van der Waals surface area contributed by atoms with E-state index in [-0.39, 0.29) is 12.4 Å². The van der Waals surface area contributed by atoms with Crippen LogP contribution in [-0.4, -0.2) is 39.3 Å². The fraction of sp³-hybridized carbons (Fsp3) is 0.625. The lowest BCUT2D eigenvalue weighted by Crippen LogP contribution is -2.33. The summed E-state index contributed by atoms with van der Waals surface area (Å²) in [4.78, 5) is 1.09. The maximum Gasteiger partial charge on any atom is 0.158 e. The van der Waals surface area contributed by atoms with Gasteiger partial charge in [-0.15, -0.1) is 0 Å². The predicted octanol–water partition coefficient (Wildman–Crippen LogP) is 3.58. The van der Waals surface area contributed by atoms with Crippen LogP contribution in [0.3, 0.4) is 0 Å². The largest absolute Gasteiger partial charge is 0.382 e. The molecule has 0 N–H and O–H groups in total. The Bertz CT molecular complexity index is 390. The van der Waals surface area contributed by atoms with Gasteiger partial charge in [-0.1, -0.05) is 17.7 Å². The molecule has 0 aliphatic carbocycles. The van der Waals surface area contributed by atoms with E-state index in [0.29, 0.717) is 13.2 Å². The highest BCUT2D eigenvalue weighted by Gasteiger charge is 2.20. The van der Waals surface area contributed by atoms with Gasteiger partial charge < -0.3 is 18.4 Å². The van der Waals surface area contributed by atoms with Crippen LogP contribution in [-0.2, 0) is 18.4 Å². The van der Waals surface area contributed by atoms with E-state index in [1.807, 2.05) is 0 Å². The van der Waals surface area contributed by atoms with Gasteiger partial charge in [0, 0.05) is 30.7 Å². The third kappa shape index (κ3) is 6.36. The second-order valence-corrected chi connectivity index (χ2v) is 6.06. The standard InChI is InChI=1S/C16H24O4S/c1-13-6-8-15(9-7-13)21-19-12-14(11-17-2)20-16-5-3-4-10-18-16/h6-9,14,16H,3-5,10-12H2,1-2H3. The van der Waals surface area contributed by atoms with Crippen LogP contribution in [0, 0.1) is 6.92 Å². The van der Waals surface area contributed by atoms with Crippen molar-refractivity contribution in [3.05, 3.63) is 29.8 Å². The van der Waals surface area contributed by atoms with Gasteiger partial charge in [0.25, 0.3) is 0 Å². The summed E-state index contributed by atoms with van der Waals surface area (Å²) in [5.74, 6) is 0. The van der Waals surface area contributed by atoms with Crippen LogP contribution in [0.2, 0.25) is 0 Å². The van der Waals surface area contributed by atoms with Crippen LogP contribution >= 0.6 is 12.0 Å². The summed E-state index contributed by atoms with van der Waals surface area (Å²) in [7, 11) is 1.67. The van der Waals surface area contributed by atoms with E-state index >= 15 is 0 Å². The second-order valence-electron chi connectivity index (χ2n) is 5.19. The molecule has 1 saturated heterocycles. The molecule has 1 fully saturated rings. The molecule has 0 saturated carbocycles. The fourth-order valence-corrected chi connectivity index (χ4v) is 2.72. The Morgan fingerprint density at radius 3 is 2.71 bits per heavy atom. The molecule has 0 amide bonds. The molecule has 0 aromatic heterocycles. The summed E-state index contributed by atoms with van der Waals surface area (Å²) in [5, 5.41) is 0. The van der Waals surface area contributed by atoms with Crippen molar-refractivity contribution in [1.29, 1.82) is 0 Å². The quantitative estimate of drug-likeness (QED) is 0.686. The van der Waals surface area contributed by atoms with Gasteiger partial charge in [0.15, 0.2) is 6.29 Å². The molecule has 5 heteroatoms. The average molecular weight is 312 g/mol. The van der Waals surface area contributed by atoms with E-state index < -0.39 is 0 Å². The van der Waals surface area contributed by atoms with Gasteiger partial charge in [-0.3, -0.25) is 0 Å². The Hall–Kier alpha value is -0.590. The second kappa shape index (κ2) is 9.43. The highest BCUT2D eigenvalue weighted by atomic mass is 32.2. The summed E-state index contributed by atoms with van der Waals surface area (Å²) >= 11 is 1.37. The van der Waals surface area contributed by atoms with Gasteiger partial charge in [-0.25, -0.2) is 0 Å². The Morgan fingerprint density at radius 2 is 2.05 bits per heavy atom. The Morgan fingerprint density at radius 1 is 1.24 bits per heavy atom. The van der Waals surface area contributed by atoms with E-state index in [4.69, 9.17) is 18.4 Å². The molecule has 2 unspecified atom stereocenters. The lowest BCUT2D eigenvalue weighted by atomic mass is 10.2. The first-order valence-electron chi connectivity index (χ1n) is 7.40. The third-order valence-electron chi connectivity index (χ3n) is 3.26. The Balaban J connectivity index is 1.72. The van der Waals surface area contributed by atoms with Crippen LogP contribution in [0.4, 0.5) is 0 Å². The molecule has 21 heavy (non-hydrogen) atoms. The van der Waals surface area contributed by atoms with Gasteiger partial charge in [0.05, 0.1) is 13.2 Å². The van der Waals surface area contributed by atoms with E-state index in [2.05, 4.69) is 31.2 Å². The van der Waals surface area contributed by atoms with Gasteiger partial charge >= 0.3 is 0 Å². The zero-order valence-electron chi connectivity index (χ0n) is 12.7. The molecule has 2 atom stereocenters. The third-order valence-corrected chi connectivity index (χ3v) is 3.98.